The summed E-state index contributed by atoms with van der Waals surface area (Å²) in [5, 5.41) is 3.42. The standard InChI is InChI=1S/C21H32N3O/c1-17(23-15-11-22-12-16-23)20-7-2-3-8-21(20)25-19-9-13-24(14-10-19)18-5-4-6-18/h2-3,7-8,17-19,22H,1,4-6,9-16H2. The molecule has 4 heteroatoms. The molecule has 1 aromatic rings. The topological polar surface area (TPSA) is 27.7 Å². The van der Waals surface area contributed by atoms with Gasteiger partial charge in [-0.2, -0.15) is 0 Å². The van der Waals surface area contributed by atoms with Gasteiger partial charge in [0.05, 0.1) is 0 Å². The van der Waals surface area contributed by atoms with E-state index in [1.54, 1.807) is 0 Å². The lowest BCUT2D eigenvalue weighted by Gasteiger charge is -2.42. The van der Waals surface area contributed by atoms with Gasteiger partial charge in [-0.1, -0.05) is 24.6 Å². The Morgan fingerprint density at radius 1 is 1.00 bits per heavy atom. The van der Waals surface area contributed by atoms with Gasteiger partial charge in [-0.3, -0.25) is 4.90 Å². The third-order valence-corrected chi connectivity index (χ3v) is 6.23. The summed E-state index contributed by atoms with van der Waals surface area (Å²) in [5.41, 5.74) is 1.24. The molecule has 3 fully saturated rings. The smallest absolute Gasteiger partial charge is 0.124 e. The van der Waals surface area contributed by atoms with Gasteiger partial charge in [-0.15, -0.1) is 0 Å². The second-order valence-electron chi connectivity index (χ2n) is 7.78. The maximum atomic E-state index is 6.47. The summed E-state index contributed by atoms with van der Waals surface area (Å²) in [7, 11) is 0. The van der Waals surface area contributed by atoms with E-state index in [0.717, 1.165) is 50.8 Å². The van der Waals surface area contributed by atoms with Gasteiger partial charge in [-0.05, 0) is 38.7 Å². The molecule has 4 rings (SSSR count). The van der Waals surface area contributed by atoms with Crippen LogP contribution >= 0.6 is 0 Å². The van der Waals surface area contributed by atoms with Crippen LogP contribution in [0.15, 0.2) is 24.3 Å². The van der Waals surface area contributed by atoms with Crippen LogP contribution in [0.5, 0.6) is 5.75 Å². The number of para-hydroxylation sites is 1. The Morgan fingerprint density at radius 2 is 1.72 bits per heavy atom. The molecule has 3 aliphatic rings. The minimum absolute atomic E-state index is 0.174. The van der Waals surface area contributed by atoms with Crippen LogP contribution < -0.4 is 10.1 Å². The average molecular weight is 343 g/mol. The van der Waals surface area contributed by atoms with Crippen LogP contribution in [0.2, 0.25) is 0 Å². The average Bonchev–Trinajstić information content (AvgIpc) is 2.62. The summed E-state index contributed by atoms with van der Waals surface area (Å²) in [6.07, 6.45) is 6.89. The molecule has 2 aliphatic heterocycles. The van der Waals surface area contributed by atoms with Crippen LogP contribution in [-0.2, 0) is 0 Å². The van der Waals surface area contributed by atoms with Crippen LogP contribution in [0.1, 0.15) is 43.7 Å². The monoisotopic (exact) mass is 342 g/mol. The first-order valence-corrected chi connectivity index (χ1v) is 10.1. The van der Waals surface area contributed by atoms with Crippen molar-refractivity contribution in [2.24, 2.45) is 0 Å². The minimum atomic E-state index is 0.174. The molecule has 1 radical (unpaired) electrons. The third-order valence-electron chi connectivity index (χ3n) is 6.23. The van der Waals surface area contributed by atoms with Gasteiger partial charge < -0.3 is 15.0 Å². The fraction of sp³-hybridized carbons (Fsp3) is 0.667. The van der Waals surface area contributed by atoms with Crippen molar-refractivity contribution in [3.63, 3.8) is 0 Å². The van der Waals surface area contributed by atoms with Crippen molar-refractivity contribution in [1.82, 2.24) is 15.1 Å². The van der Waals surface area contributed by atoms with Crippen LogP contribution in [0, 0.1) is 6.92 Å². The molecule has 0 bridgehead atoms. The number of nitrogens with one attached hydrogen (secondary N) is 1. The van der Waals surface area contributed by atoms with Gasteiger partial charge in [-0.25, -0.2) is 0 Å². The Hall–Kier alpha value is -1.10. The maximum Gasteiger partial charge on any atom is 0.124 e. The third kappa shape index (κ3) is 4.02. The number of benzene rings is 1. The number of likely N-dealkylation sites (tertiary alicyclic amines) is 1. The molecule has 0 aromatic heterocycles. The van der Waals surface area contributed by atoms with Crippen LogP contribution in [0.4, 0.5) is 0 Å². The molecule has 1 N–H and O–H groups in total. The highest BCUT2D eigenvalue weighted by Crippen LogP contribution is 2.32. The highest BCUT2D eigenvalue weighted by atomic mass is 16.5. The van der Waals surface area contributed by atoms with E-state index in [-0.39, 0.29) is 6.04 Å². The molecule has 1 aliphatic carbocycles. The molecule has 137 valence electrons. The van der Waals surface area contributed by atoms with Crippen molar-refractivity contribution in [1.29, 1.82) is 0 Å². The van der Waals surface area contributed by atoms with E-state index in [4.69, 9.17) is 4.74 Å². The number of rotatable bonds is 5. The molecule has 2 saturated heterocycles. The van der Waals surface area contributed by atoms with E-state index >= 15 is 0 Å². The van der Waals surface area contributed by atoms with E-state index in [1.807, 2.05) is 0 Å². The Balaban J connectivity index is 1.37. The summed E-state index contributed by atoms with van der Waals surface area (Å²) >= 11 is 0. The number of hydrogen-bond acceptors (Lipinski definition) is 4. The Kier molecular flexibility index (Phi) is 5.59. The molecule has 4 nitrogen and oxygen atoms in total. The van der Waals surface area contributed by atoms with Crippen molar-refractivity contribution >= 4 is 0 Å². The fourth-order valence-corrected chi connectivity index (χ4v) is 4.34. The molecular weight excluding hydrogens is 310 g/mol. The molecule has 0 amide bonds. The second-order valence-corrected chi connectivity index (χ2v) is 7.78. The normalized spacial score (nSPS) is 25.5. The first-order chi connectivity index (χ1) is 12.3. The molecule has 0 spiro atoms. The highest BCUT2D eigenvalue weighted by molar-refractivity contribution is 5.37. The summed E-state index contributed by atoms with van der Waals surface area (Å²) < 4.78 is 6.47. The highest BCUT2D eigenvalue weighted by Gasteiger charge is 2.30. The van der Waals surface area contributed by atoms with E-state index in [2.05, 4.69) is 46.3 Å². The van der Waals surface area contributed by atoms with E-state index < -0.39 is 0 Å². The van der Waals surface area contributed by atoms with E-state index in [0.29, 0.717) is 6.10 Å². The Labute approximate surface area is 152 Å². The number of piperidine rings is 1. The lowest BCUT2D eigenvalue weighted by molar-refractivity contribution is 0.0483. The van der Waals surface area contributed by atoms with Crippen molar-refractivity contribution < 1.29 is 4.74 Å². The maximum absolute atomic E-state index is 6.47. The largest absolute Gasteiger partial charge is 0.490 e. The minimum Gasteiger partial charge on any atom is -0.490 e. The molecule has 1 unspecified atom stereocenters. The summed E-state index contributed by atoms with van der Waals surface area (Å²) in [6, 6.07) is 9.57. The number of hydrogen-bond donors (Lipinski definition) is 1. The molecule has 1 aromatic carbocycles. The van der Waals surface area contributed by atoms with Gasteiger partial charge in [0.2, 0.25) is 0 Å². The Morgan fingerprint density at radius 3 is 2.40 bits per heavy atom. The molecule has 2 heterocycles. The number of piperazine rings is 1. The lowest BCUT2D eigenvalue weighted by Crippen LogP contribution is -2.47. The number of nitrogens with zero attached hydrogens (tertiary/aromatic N) is 2. The predicted octanol–water partition coefficient (Wildman–Crippen LogP) is 2.86. The van der Waals surface area contributed by atoms with Crippen molar-refractivity contribution in [2.45, 2.75) is 50.3 Å². The fourth-order valence-electron chi connectivity index (χ4n) is 4.34. The zero-order valence-corrected chi connectivity index (χ0v) is 15.3. The zero-order valence-electron chi connectivity index (χ0n) is 15.3. The molecule has 1 atom stereocenters. The van der Waals surface area contributed by atoms with E-state index in [9.17, 15) is 0 Å². The zero-order chi connectivity index (χ0) is 17.1. The van der Waals surface area contributed by atoms with Crippen LogP contribution in [-0.4, -0.2) is 61.2 Å². The predicted molar refractivity (Wildman–Crippen MR) is 102 cm³/mol. The van der Waals surface area contributed by atoms with Crippen molar-refractivity contribution in [3.05, 3.63) is 36.8 Å². The summed E-state index contributed by atoms with van der Waals surface area (Å²) in [6.45, 7) is 11.1. The van der Waals surface area contributed by atoms with Gasteiger partial charge >= 0.3 is 0 Å². The lowest BCUT2D eigenvalue weighted by atomic mass is 9.89. The molecule has 1 saturated carbocycles. The first kappa shape index (κ1) is 17.3. The van der Waals surface area contributed by atoms with Crippen molar-refractivity contribution in [2.75, 3.05) is 39.3 Å². The summed E-state index contributed by atoms with van der Waals surface area (Å²) in [4.78, 5) is 5.14. The van der Waals surface area contributed by atoms with Gasteiger partial charge in [0.15, 0.2) is 0 Å². The molecule has 25 heavy (non-hydrogen) atoms. The second kappa shape index (κ2) is 8.07. The van der Waals surface area contributed by atoms with Gasteiger partial charge in [0, 0.05) is 56.9 Å². The van der Waals surface area contributed by atoms with Crippen LogP contribution in [0.3, 0.4) is 0 Å². The van der Waals surface area contributed by atoms with Crippen molar-refractivity contribution in [3.8, 4) is 5.75 Å². The number of ether oxygens (including phenoxy) is 1. The van der Waals surface area contributed by atoms with E-state index in [1.165, 1.54) is 37.9 Å². The SMILES string of the molecule is [CH2]C(c1ccccc1OC1CCN(C2CCC2)CC1)N1CCNCC1. The quantitative estimate of drug-likeness (QED) is 0.890. The first-order valence-electron chi connectivity index (χ1n) is 10.1. The Bertz CT molecular complexity index is 546. The van der Waals surface area contributed by atoms with Gasteiger partial charge in [0.1, 0.15) is 11.9 Å². The molecular formula is C21H32N3O. The van der Waals surface area contributed by atoms with Gasteiger partial charge in [0.25, 0.3) is 0 Å². The van der Waals surface area contributed by atoms with Crippen LogP contribution in [0.25, 0.3) is 0 Å². The summed E-state index contributed by atoms with van der Waals surface area (Å²) in [5.74, 6) is 1.04.